The first kappa shape index (κ1) is 11.0. The molecule has 0 aliphatic carbocycles. The Morgan fingerprint density at radius 1 is 1.62 bits per heavy atom. The van der Waals surface area contributed by atoms with Crippen LogP contribution in [0.25, 0.3) is 0 Å². The summed E-state index contributed by atoms with van der Waals surface area (Å²) in [6.45, 7) is 5.24. The summed E-state index contributed by atoms with van der Waals surface area (Å²) < 4.78 is 0. The van der Waals surface area contributed by atoms with E-state index in [1.54, 1.807) is 11.3 Å². The first-order valence-electron chi connectivity index (χ1n) is 4.53. The Kier molecular flexibility index (Phi) is 4.23. The summed E-state index contributed by atoms with van der Waals surface area (Å²) in [5.41, 5.74) is 0.0749. The van der Waals surface area contributed by atoms with E-state index in [9.17, 15) is 0 Å². The van der Waals surface area contributed by atoms with Gasteiger partial charge in [-0.25, -0.2) is 0 Å². The molecule has 0 aliphatic rings. The highest BCUT2D eigenvalue weighted by atomic mass is 35.5. The fourth-order valence-electron chi connectivity index (χ4n) is 0.980. The summed E-state index contributed by atoms with van der Waals surface area (Å²) >= 11 is 7.67. The van der Waals surface area contributed by atoms with Gasteiger partial charge in [0, 0.05) is 22.8 Å². The van der Waals surface area contributed by atoms with Gasteiger partial charge < -0.3 is 5.32 Å². The van der Waals surface area contributed by atoms with E-state index in [0.717, 1.165) is 13.0 Å². The van der Waals surface area contributed by atoms with Gasteiger partial charge in [-0.2, -0.15) is 0 Å². The van der Waals surface area contributed by atoms with Gasteiger partial charge >= 0.3 is 0 Å². The van der Waals surface area contributed by atoms with Gasteiger partial charge in [-0.15, -0.1) is 22.9 Å². The number of nitrogens with one attached hydrogen (secondary N) is 1. The lowest BCUT2D eigenvalue weighted by molar-refractivity contribution is 0.381. The Morgan fingerprint density at radius 3 is 2.85 bits per heavy atom. The van der Waals surface area contributed by atoms with Crippen LogP contribution in [-0.2, 0) is 6.54 Å². The normalized spacial score (nSPS) is 15.6. The molecule has 0 spiro atoms. The van der Waals surface area contributed by atoms with Gasteiger partial charge in [0.1, 0.15) is 0 Å². The van der Waals surface area contributed by atoms with Gasteiger partial charge in [0.2, 0.25) is 0 Å². The predicted molar refractivity (Wildman–Crippen MR) is 60.6 cm³/mol. The van der Waals surface area contributed by atoms with Crippen LogP contribution in [0.3, 0.4) is 0 Å². The summed E-state index contributed by atoms with van der Waals surface area (Å²) in [5, 5.41) is 5.57. The minimum Gasteiger partial charge on any atom is -0.305 e. The number of halogens is 1. The van der Waals surface area contributed by atoms with Crippen LogP contribution in [0.4, 0.5) is 0 Å². The van der Waals surface area contributed by atoms with Gasteiger partial charge in [-0.3, -0.25) is 0 Å². The molecule has 0 aliphatic heterocycles. The Labute approximate surface area is 89.1 Å². The van der Waals surface area contributed by atoms with Crippen molar-refractivity contribution in [3.8, 4) is 0 Å². The number of alkyl halides is 1. The second-order valence-corrected chi connectivity index (χ2v) is 4.78. The quantitative estimate of drug-likeness (QED) is 0.747. The molecule has 0 saturated carbocycles. The molecule has 0 radical (unpaired) electrons. The lowest BCUT2D eigenvalue weighted by Gasteiger charge is -2.26. The van der Waals surface area contributed by atoms with Crippen molar-refractivity contribution in [1.82, 2.24) is 5.32 Å². The van der Waals surface area contributed by atoms with Gasteiger partial charge in [0.05, 0.1) is 0 Å². The topological polar surface area (TPSA) is 12.0 Å². The molecule has 13 heavy (non-hydrogen) atoms. The molecule has 1 aromatic heterocycles. The maximum absolute atomic E-state index is 5.89. The molecular weight excluding hydrogens is 202 g/mol. The number of hydrogen-bond donors (Lipinski definition) is 1. The Hall–Kier alpha value is -0.0500. The lowest BCUT2D eigenvalue weighted by Crippen LogP contribution is -2.42. The molecule has 0 bridgehead atoms. The van der Waals surface area contributed by atoms with Crippen LogP contribution in [0.15, 0.2) is 17.5 Å². The maximum Gasteiger partial charge on any atom is 0.0403 e. The number of thiophene rings is 1. The maximum atomic E-state index is 5.89. The first-order valence-corrected chi connectivity index (χ1v) is 5.95. The van der Waals surface area contributed by atoms with E-state index in [4.69, 9.17) is 11.6 Å². The van der Waals surface area contributed by atoms with Gasteiger partial charge in [-0.1, -0.05) is 13.0 Å². The third-order valence-corrected chi connectivity index (χ3v) is 3.81. The molecule has 0 aromatic carbocycles. The highest BCUT2D eigenvalue weighted by molar-refractivity contribution is 7.09. The molecule has 1 aromatic rings. The smallest absolute Gasteiger partial charge is 0.0403 e. The third-order valence-electron chi connectivity index (χ3n) is 2.34. The molecular formula is C10H16ClNS. The van der Waals surface area contributed by atoms with Crippen LogP contribution in [-0.4, -0.2) is 11.4 Å². The molecule has 1 N–H and O–H groups in total. The van der Waals surface area contributed by atoms with Gasteiger partial charge in [0.25, 0.3) is 0 Å². The van der Waals surface area contributed by atoms with Crippen molar-refractivity contribution in [3.63, 3.8) is 0 Å². The summed E-state index contributed by atoms with van der Waals surface area (Å²) in [6.07, 6.45) is 1.06. The molecule has 1 unspecified atom stereocenters. The third kappa shape index (κ3) is 3.29. The average molecular weight is 218 g/mol. The van der Waals surface area contributed by atoms with Crippen LogP contribution in [0.1, 0.15) is 25.1 Å². The standard InChI is InChI=1S/C10H16ClNS/c1-3-10(2,8-11)12-7-9-5-4-6-13-9/h4-6,12H,3,7-8H2,1-2H3. The SMILES string of the molecule is CCC(C)(CCl)NCc1cccs1. The molecule has 0 amide bonds. The van der Waals surface area contributed by atoms with Crippen LogP contribution < -0.4 is 5.32 Å². The van der Waals surface area contributed by atoms with E-state index in [1.165, 1.54) is 4.88 Å². The van der Waals surface area contributed by atoms with Crippen LogP contribution >= 0.6 is 22.9 Å². The highest BCUT2D eigenvalue weighted by Gasteiger charge is 2.19. The zero-order valence-corrected chi connectivity index (χ0v) is 9.71. The van der Waals surface area contributed by atoms with Crippen LogP contribution in [0.2, 0.25) is 0 Å². The molecule has 0 fully saturated rings. The van der Waals surface area contributed by atoms with Gasteiger partial charge in [0.15, 0.2) is 0 Å². The Balaban J connectivity index is 2.41. The predicted octanol–water partition coefficient (Wildman–Crippen LogP) is 3.25. The minimum absolute atomic E-state index is 0.0749. The van der Waals surface area contributed by atoms with Crippen LogP contribution in [0, 0.1) is 0 Å². The van der Waals surface area contributed by atoms with Crippen molar-refractivity contribution in [2.45, 2.75) is 32.4 Å². The van der Waals surface area contributed by atoms with Crippen molar-refractivity contribution in [3.05, 3.63) is 22.4 Å². The fourth-order valence-corrected chi connectivity index (χ4v) is 1.91. The monoisotopic (exact) mass is 217 g/mol. The first-order chi connectivity index (χ1) is 6.20. The van der Waals surface area contributed by atoms with E-state index < -0.39 is 0 Å². The number of rotatable bonds is 5. The van der Waals surface area contributed by atoms with Crippen molar-refractivity contribution < 1.29 is 0 Å². The lowest BCUT2D eigenvalue weighted by atomic mass is 10.0. The van der Waals surface area contributed by atoms with E-state index in [-0.39, 0.29) is 5.54 Å². The van der Waals surface area contributed by atoms with Crippen molar-refractivity contribution in [1.29, 1.82) is 0 Å². The summed E-state index contributed by atoms with van der Waals surface area (Å²) in [5.74, 6) is 0.662. The molecule has 3 heteroatoms. The summed E-state index contributed by atoms with van der Waals surface area (Å²) in [7, 11) is 0. The Morgan fingerprint density at radius 2 is 2.38 bits per heavy atom. The van der Waals surface area contributed by atoms with E-state index in [1.807, 2.05) is 0 Å². The number of hydrogen-bond acceptors (Lipinski definition) is 2. The largest absolute Gasteiger partial charge is 0.305 e. The molecule has 74 valence electrons. The molecule has 1 nitrogen and oxygen atoms in total. The second kappa shape index (κ2) is 4.99. The fraction of sp³-hybridized carbons (Fsp3) is 0.600. The molecule has 0 saturated heterocycles. The van der Waals surface area contributed by atoms with Gasteiger partial charge in [-0.05, 0) is 24.8 Å². The second-order valence-electron chi connectivity index (χ2n) is 3.48. The Bertz CT molecular complexity index is 229. The zero-order chi connectivity index (χ0) is 9.73. The minimum atomic E-state index is 0.0749. The summed E-state index contributed by atoms with van der Waals surface area (Å²) in [4.78, 5) is 1.37. The molecule has 1 rings (SSSR count). The van der Waals surface area contributed by atoms with Crippen LogP contribution in [0.5, 0.6) is 0 Å². The average Bonchev–Trinajstić information content (AvgIpc) is 2.67. The van der Waals surface area contributed by atoms with Crippen molar-refractivity contribution >= 4 is 22.9 Å². The molecule has 1 atom stereocenters. The van der Waals surface area contributed by atoms with E-state index >= 15 is 0 Å². The highest BCUT2D eigenvalue weighted by Crippen LogP contribution is 2.14. The van der Waals surface area contributed by atoms with Crippen molar-refractivity contribution in [2.24, 2.45) is 0 Å². The molecule has 1 heterocycles. The van der Waals surface area contributed by atoms with Crippen molar-refractivity contribution in [2.75, 3.05) is 5.88 Å². The van der Waals surface area contributed by atoms with E-state index in [2.05, 4.69) is 36.7 Å². The van der Waals surface area contributed by atoms with E-state index in [0.29, 0.717) is 5.88 Å². The summed E-state index contributed by atoms with van der Waals surface area (Å²) in [6, 6.07) is 4.22. The zero-order valence-electron chi connectivity index (χ0n) is 8.14.